The van der Waals surface area contributed by atoms with Gasteiger partial charge in [-0.2, -0.15) is 0 Å². The number of carbonyl (C=O) groups is 1. The smallest absolute Gasteiger partial charge is 0.238 e. The normalized spacial score (nSPS) is 17.7. The van der Waals surface area contributed by atoms with Crippen molar-refractivity contribution in [2.75, 3.05) is 50.8 Å². The Morgan fingerprint density at radius 3 is 2.95 bits per heavy atom. The number of carbonyl (C=O) groups excluding carboxylic acids is 1. The average Bonchev–Trinajstić information content (AvgIpc) is 2.59. The predicted octanol–water partition coefficient (Wildman–Crippen LogP) is 1.50. The van der Waals surface area contributed by atoms with E-state index in [0.29, 0.717) is 22.9 Å². The van der Waals surface area contributed by atoms with Crippen molar-refractivity contribution in [3.05, 3.63) is 23.2 Å². The Labute approximate surface area is 124 Å². The summed E-state index contributed by atoms with van der Waals surface area (Å²) in [5, 5.41) is 3.33. The van der Waals surface area contributed by atoms with Crippen LogP contribution in [0.5, 0.6) is 0 Å². The molecule has 0 spiro atoms. The number of amides is 1. The predicted molar refractivity (Wildman–Crippen MR) is 83.0 cm³/mol. The SMILES string of the molecule is CN1CCCN(CC(=O)Nc2cc(N)ccc2Cl)CC1. The largest absolute Gasteiger partial charge is 0.399 e. The first-order valence-corrected chi connectivity index (χ1v) is 7.18. The summed E-state index contributed by atoms with van der Waals surface area (Å²) in [6.07, 6.45) is 1.09. The van der Waals surface area contributed by atoms with Gasteiger partial charge in [0.15, 0.2) is 0 Å². The molecule has 2 rings (SSSR count). The first-order valence-electron chi connectivity index (χ1n) is 6.80. The van der Waals surface area contributed by atoms with Crippen molar-refractivity contribution in [2.45, 2.75) is 6.42 Å². The van der Waals surface area contributed by atoms with E-state index in [4.69, 9.17) is 17.3 Å². The summed E-state index contributed by atoms with van der Waals surface area (Å²) in [4.78, 5) is 16.5. The van der Waals surface area contributed by atoms with E-state index in [-0.39, 0.29) is 5.91 Å². The summed E-state index contributed by atoms with van der Waals surface area (Å²) < 4.78 is 0. The molecule has 1 heterocycles. The molecule has 1 fully saturated rings. The highest BCUT2D eigenvalue weighted by atomic mass is 35.5. The lowest BCUT2D eigenvalue weighted by Crippen LogP contribution is -2.35. The number of likely N-dealkylation sites (N-methyl/N-ethyl adjacent to an activating group) is 1. The Kier molecular flexibility index (Phi) is 5.23. The summed E-state index contributed by atoms with van der Waals surface area (Å²) in [6, 6.07) is 5.08. The third-order valence-corrected chi connectivity index (χ3v) is 3.77. The van der Waals surface area contributed by atoms with Crippen molar-refractivity contribution in [2.24, 2.45) is 0 Å². The van der Waals surface area contributed by atoms with Crippen LogP contribution in [0, 0.1) is 0 Å². The standard InChI is InChI=1S/C14H21ClN4O/c1-18-5-2-6-19(8-7-18)10-14(20)17-13-9-11(16)3-4-12(13)15/h3-4,9H,2,5-8,10,16H2,1H3,(H,17,20). The number of nitrogens with zero attached hydrogens (tertiary/aromatic N) is 2. The number of nitrogens with two attached hydrogens (primary N) is 1. The van der Waals surface area contributed by atoms with Crippen LogP contribution in [0.15, 0.2) is 18.2 Å². The van der Waals surface area contributed by atoms with Crippen molar-refractivity contribution < 1.29 is 4.79 Å². The van der Waals surface area contributed by atoms with E-state index in [1.54, 1.807) is 18.2 Å². The van der Waals surface area contributed by atoms with Crippen LogP contribution >= 0.6 is 11.6 Å². The molecule has 5 nitrogen and oxygen atoms in total. The first kappa shape index (κ1) is 15.1. The summed E-state index contributed by atoms with van der Waals surface area (Å²) in [7, 11) is 2.11. The highest BCUT2D eigenvalue weighted by molar-refractivity contribution is 6.33. The van der Waals surface area contributed by atoms with Crippen molar-refractivity contribution in [1.29, 1.82) is 0 Å². The number of hydrogen-bond donors (Lipinski definition) is 2. The summed E-state index contributed by atoms with van der Waals surface area (Å²) in [5.74, 6) is -0.0537. The Hall–Kier alpha value is -1.30. The maximum Gasteiger partial charge on any atom is 0.238 e. The van der Waals surface area contributed by atoms with Crippen molar-refractivity contribution in [3.63, 3.8) is 0 Å². The molecule has 3 N–H and O–H groups in total. The number of anilines is 2. The minimum Gasteiger partial charge on any atom is -0.399 e. The van der Waals surface area contributed by atoms with Crippen molar-refractivity contribution in [3.8, 4) is 0 Å². The van der Waals surface area contributed by atoms with Crippen molar-refractivity contribution >= 4 is 28.9 Å². The highest BCUT2D eigenvalue weighted by Gasteiger charge is 2.15. The van der Waals surface area contributed by atoms with Gasteiger partial charge in [0, 0.05) is 18.8 Å². The van der Waals surface area contributed by atoms with Gasteiger partial charge in [-0.15, -0.1) is 0 Å². The fourth-order valence-electron chi connectivity index (χ4n) is 2.29. The molecule has 1 aliphatic heterocycles. The van der Waals surface area contributed by atoms with Crippen LogP contribution in [-0.2, 0) is 4.79 Å². The van der Waals surface area contributed by atoms with Crippen LogP contribution in [0.3, 0.4) is 0 Å². The number of nitrogens with one attached hydrogen (secondary N) is 1. The Morgan fingerprint density at radius 2 is 2.15 bits per heavy atom. The zero-order valence-electron chi connectivity index (χ0n) is 11.7. The van der Waals surface area contributed by atoms with E-state index in [9.17, 15) is 4.79 Å². The van der Waals surface area contributed by atoms with Crippen LogP contribution in [0.25, 0.3) is 0 Å². The molecule has 1 aromatic rings. The molecule has 0 aliphatic carbocycles. The molecule has 0 unspecified atom stereocenters. The molecular weight excluding hydrogens is 276 g/mol. The Bertz CT molecular complexity index is 480. The lowest BCUT2D eigenvalue weighted by Gasteiger charge is -2.19. The van der Waals surface area contributed by atoms with Gasteiger partial charge >= 0.3 is 0 Å². The first-order chi connectivity index (χ1) is 9.54. The van der Waals surface area contributed by atoms with Gasteiger partial charge in [-0.3, -0.25) is 9.69 Å². The number of nitrogen functional groups attached to an aromatic ring is 1. The van der Waals surface area contributed by atoms with Crippen LogP contribution in [-0.4, -0.2) is 55.5 Å². The fraction of sp³-hybridized carbons (Fsp3) is 0.500. The van der Waals surface area contributed by atoms with E-state index in [0.717, 1.165) is 32.6 Å². The van der Waals surface area contributed by atoms with Gasteiger partial charge in [0.05, 0.1) is 17.3 Å². The zero-order chi connectivity index (χ0) is 14.5. The van der Waals surface area contributed by atoms with E-state index in [1.807, 2.05) is 0 Å². The summed E-state index contributed by atoms with van der Waals surface area (Å²) in [5.41, 5.74) is 6.85. The van der Waals surface area contributed by atoms with E-state index >= 15 is 0 Å². The molecule has 0 bridgehead atoms. The quantitative estimate of drug-likeness (QED) is 0.830. The molecule has 1 amide bonds. The van der Waals surface area contributed by atoms with Crippen LogP contribution in [0.2, 0.25) is 5.02 Å². The van der Waals surface area contributed by atoms with Gasteiger partial charge < -0.3 is 16.0 Å². The van der Waals surface area contributed by atoms with Crippen LogP contribution in [0.4, 0.5) is 11.4 Å². The van der Waals surface area contributed by atoms with Gasteiger partial charge in [-0.25, -0.2) is 0 Å². The molecule has 0 atom stereocenters. The Morgan fingerprint density at radius 1 is 1.35 bits per heavy atom. The molecule has 0 radical (unpaired) electrons. The van der Waals surface area contributed by atoms with E-state index in [1.165, 1.54) is 0 Å². The average molecular weight is 297 g/mol. The molecule has 1 saturated heterocycles. The third kappa shape index (κ3) is 4.37. The second-order valence-electron chi connectivity index (χ2n) is 5.22. The lowest BCUT2D eigenvalue weighted by molar-refractivity contribution is -0.117. The van der Waals surface area contributed by atoms with Gasteiger partial charge in [-0.05, 0) is 44.8 Å². The molecule has 0 saturated carbocycles. The maximum atomic E-state index is 12.1. The third-order valence-electron chi connectivity index (χ3n) is 3.44. The van der Waals surface area contributed by atoms with Gasteiger partial charge in [0.2, 0.25) is 5.91 Å². The van der Waals surface area contributed by atoms with Crippen LogP contribution < -0.4 is 11.1 Å². The molecule has 6 heteroatoms. The number of hydrogen-bond acceptors (Lipinski definition) is 4. The zero-order valence-corrected chi connectivity index (χ0v) is 12.5. The van der Waals surface area contributed by atoms with E-state index < -0.39 is 0 Å². The lowest BCUT2D eigenvalue weighted by atomic mass is 10.2. The molecule has 110 valence electrons. The number of halogens is 1. The fourth-order valence-corrected chi connectivity index (χ4v) is 2.45. The van der Waals surface area contributed by atoms with Crippen molar-refractivity contribution in [1.82, 2.24) is 9.80 Å². The van der Waals surface area contributed by atoms with Gasteiger partial charge in [-0.1, -0.05) is 11.6 Å². The minimum atomic E-state index is -0.0537. The molecule has 0 aromatic heterocycles. The Balaban J connectivity index is 1.90. The number of benzene rings is 1. The van der Waals surface area contributed by atoms with Gasteiger partial charge in [0.25, 0.3) is 0 Å². The maximum absolute atomic E-state index is 12.1. The topological polar surface area (TPSA) is 61.6 Å². The van der Waals surface area contributed by atoms with Gasteiger partial charge in [0.1, 0.15) is 0 Å². The minimum absolute atomic E-state index is 0.0537. The second-order valence-corrected chi connectivity index (χ2v) is 5.63. The molecule has 20 heavy (non-hydrogen) atoms. The van der Waals surface area contributed by atoms with Crippen LogP contribution in [0.1, 0.15) is 6.42 Å². The molecular formula is C14H21ClN4O. The molecule has 1 aliphatic rings. The summed E-state index contributed by atoms with van der Waals surface area (Å²) >= 11 is 6.04. The summed E-state index contributed by atoms with van der Waals surface area (Å²) in [6.45, 7) is 4.32. The number of rotatable bonds is 3. The molecule has 1 aromatic carbocycles. The highest BCUT2D eigenvalue weighted by Crippen LogP contribution is 2.23. The monoisotopic (exact) mass is 296 g/mol. The van der Waals surface area contributed by atoms with E-state index in [2.05, 4.69) is 22.2 Å². The second kappa shape index (κ2) is 6.92.